The average molecular weight is 306 g/mol. The molecule has 2 N–H and O–H groups in total. The lowest BCUT2D eigenvalue weighted by atomic mass is 10.1. The summed E-state index contributed by atoms with van der Waals surface area (Å²) in [6, 6.07) is 13.0. The SMILES string of the molecule is CN(Cc1cccc(C#N)c1)c1cc(Cl)c(Cl)cc1N. The fourth-order valence-electron chi connectivity index (χ4n) is 1.98. The number of anilines is 2. The highest BCUT2D eigenvalue weighted by molar-refractivity contribution is 6.42. The van der Waals surface area contributed by atoms with Gasteiger partial charge in [0.15, 0.2) is 0 Å². The maximum absolute atomic E-state index is 8.91. The molecule has 102 valence electrons. The summed E-state index contributed by atoms with van der Waals surface area (Å²) in [5.74, 6) is 0. The second kappa shape index (κ2) is 6.04. The molecule has 0 aliphatic rings. The van der Waals surface area contributed by atoms with Crippen molar-refractivity contribution >= 4 is 34.6 Å². The number of rotatable bonds is 3. The van der Waals surface area contributed by atoms with Crippen LogP contribution in [0.3, 0.4) is 0 Å². The van der Waals surface area contributed by atoms with E-state index in [1.165, 1.54) is 0 Å². The molecule has 0 amide bonds. The summed E-state index contributed by atoms with van der Waals surface area (Å²) in [5, 5.41) is 9.81. The summed E-state index contributed by atoms with van der Waals surface area (Å²) in [4.78, 5) is 1.97. The molecule has 2 aromatic carbocycles. The molecule has 2 aromatic rings. The fourth-order valence-corrected chi connectivity index (χ4v) is 2.31. The minimum Gasteiger partial charge on any atom is -0.397 e. The molecule has 0 radical (unpaired) electrons. The van der Waals surface area contributed by atoms with Gasteiger partial charge in [-0.3, -0.25) is 0 Å². The van der Waals surface area contributed by atoms with Gasteiger partial charge in [0.25, 0.3) is 0 Å². The Hall–Kier alpha value is -1.89. The molecule has 3 nitrogen and oxygen atoms in total. The third-order valence-electron chi connectivity index (χ3n) is 2.96. The number of nitrogens with two attached hydrogens (primary N) is 1. The number of hydrogen-bond donors (Lipinski definition) is 1. The molecule has 0 aliphatic heterocycles. The Bertz CT molecular complexity index is 677. The zero-order valence-corrected chi connectivity index (χ0v) is 12.4. The van der Waals surface area contributed by atoms with E-state index in [1.54, 1.807) is 18.2 Å². The van der Waals surface area contributed by atoms with E-state index in [0.29, 0.717) is 27.8 Å². The van der Waals surface area contributed by atoms with Crippen molar-refractivity contribution in [2.75, 3.05) is 17.7 Å². The van der Waals surface area contributed by atoms with E-state index in [4.69, 9.17) is 34.2 Å². The summed E-state index contributed by atoms with van der Waals surface area (Å²) in [6.45, 7) is 0.623. The van der Waals surface area contributed by atoms with Crippen LogP contribution in [-0.2, 0) is 6.54 Å². The van der Waals surface area contributed by atoms with Crippen molar-refractivity contribution in [2.45, 2.75) is 6.54 Å². The van der Waals surface area contributed by atoms with Crippen LogP contribution in [0.4, 0.5) is 11.4 Å². The smallest absolute Gasteiger partial charge is 0.0991 e. The van der Waals surface area contributed by atoms with E-state index in [1.807, 2.05) is 30.1 Å². The topological polar surface area (TPSA) is 53.0 Å². The second-order valence-corrected chi connectivity index (χ2v) is 5.31. The summed E-state index contributed by atoms with van der Waals surface area (Å²) < 4.78 is 0. The van der Waals surface area contributed by atoms with E-state index in [9.17, 15) is 0 Å². The lowest BCUT2D eigenvalue weighted by Crippen LogP contribution is -2.17. The number of halogens is 2. The number of benzene rings is 2. The van der Waals surface area contributed by atoms with Gasteiger partial charge in [-0.2, -0.15) is 5.26 Å². The monoisotopic (exact) mass is 305 g/mol. The minimum absolute atomic E-state index is 0.438. The predicted molar refractivity (Wildman–Crippen MR) is 84.1 cm³/mol. The van der Waals surface area contributed by atoms with Crippen LogP contribution in [0.15, 0.2) is 36.4 Å². The Morgan fingerprint density at radius 2 is 1.90 bits per heavy atom. The van der Waals surface area contributed by atoms with Crippen molar-refractivity contribution in [3.8, 4) is 6.07 Å². The van der Waals surface area contributed by atoms with Crippen molar-refractivity contribution in [2.24, 2.45) is 0 Å². The molecule has 0 saturated heterocycles. The zero-order chi connectivity index (χ0) is 14.7. The largest absolute Gasteiger partial charge is 0.397 e. The summed E-state index contributed by atoms with van der Waals surface area (Å²) in [5.41, 5.74) is 9.00. The quantitative estimate of drug-likeness (QED) is 0.869. The van der Waals surface area contributed by atoms with Crippen LogP contribution in [0.25, 0.3) is 0 Å². The number of nitrogens with zero attached hydrogens (tertiary/aromatic N) is 2. The van der Waals surface area contributed by atoms with Crippen LogP contribution < -0.4 is 10.6 Å². The van der Waals surface area contributed by atoms with Crippen LogP contribution in [0.5, 0.6) is 0 Å². The van der Waals surface area contributed by atoms with E-state index < -0.39 is 0 Å². The van der Waals surface area contributed by atoms with Crippen LogP contribution in [0.1, 0.15) is 11.1 Å². The first-order valence-corrected chi connectivity index (χ1v) is 6.71. The molecule has 0 fully saturated rings. The van der Waals surface area contributed by atoms with E-state index >= 15 is 0 Å². The zero-order valence-electron chi connectivity index (χ0n) is 10.9. The Balaban J connectivity index is 2.26. The Morgan fingerprint density at radius 1 is 1.20 bits per heavy atom. The Morgan fingerprint density at radius 3 is 2.60 bits per heavy atom. The molecule has 0 aromatic heterocycles. The van der Waals surface area contributed by atoms with Gasteiger partial charge in [0.1, 0.15) is 0 Å². The first-order chi connectivity index (χ1) is 9.51. The van der Waals surface area contributed by atoms with Crippen molar-refractivity contribution in [1.29, 1.82) is 5.26 Å². The molecular formula is C15H13Cl2N3. The lowest BCUT2D eigenvalue weighted by Gasteiger charge is -2.22. The van der Waals surface area contributed by atoms with E-state index in [-0.39, 0.29) is 0 Å². The van der Waals surface area contributed by atoms with Crippen LogP contribution in [0, 0.1) is 11.3 Å². The predicted octanol–water partition coefficient (Wildman–Crippen LogP) is 4.08. The molecule has 0 unspecified atom stereocenters. The van der Waals surface area contributed by atoms with Gasteiger partial charge < -0.3 is 10.6 Å². The summed E-state index contributed by atoms with van der Waals surface area (Å²) in [7, 11) is 1.91. The number of hydrogen-bond acceptors (Lipinski definition) is 3. The summed E-state index contributed by atoms with van der Waals surface area (Å²) in [6.07, 6.45) is 0. The molecule has 0 bridgehead atoms. The Labute approximate surface area is 128 Å². The van der Waals surface area contributed by atoms with Gasteiger partial charge in [0.2, 0.25) is 0 Å². The highest BCUT2D eigenvalue weighted by Gasteiger charge is 2.10. The molecular weight excluding hydrogens is 293 g/mol. The fraction of sp³-hybridized carbons (Fsp3) is 0.133. The Kier molecular flexibility index (Phi) is 4.39. The average Bonchev–Trinajstić information content (AvgIpc) is 2.43. The van der Waals surface area contributed by atoms with E-state index in [0.717, 1.165) is 11.3 Å². The molecule has 2 rings (SSSR count). The van der Waals surface area contributed by atoms with Crippen molar-refractivity contribution < 1.29 is 0 Å². The number of nitrogen functional groups attached to an aromatic ring is 1. The lowest BCUT2D eigenvalue weighted by molar-refractivity contribution is 0.924. The second-order valence-electron chi connectivity index (χ2n) is 4.49. The molecule has 0 saturated carbocycles. The molecule has 0 atom stereocenters. The third-order valence-corrected chi connectivity index (χ3v) is 3.68. The molecule has 0 heterocycles. The van der Waals surface area contributed by atoms with Crippen LogP contribution in [0.2, 0.25) is 10.0 Å². The van der Waals surface area contributed by atoms with Gasteiger partial charge in [0, 0.05) is 13.6 Å². The van der Waals surface area contributed by atoms with Gasteiger partial charge in [-0.25, -0.2) is 0 Å². The van der Waals surface area contributed by atoms with Gasteiger partial charge in [-0.1, -0.05) is 35.3 Å². The normalized spacial score (nSPS) is 10.1. The van der Waals surface area contributed by atoms with Gasteiger partial charge >= 0.3 is 0 Å². The van der Waals surface area contributed by atoms with Gasteiger partial charge in [-0.05, 0) is 29.8 Å². The molecule has 20 heavy (non-hydrogen) atoms. The standard InChI is InChI=1S/C15H13Cl2N3/c1-20(9-11-4-2-3-10(5-11)8-18)15-7-13(17)12(16)6-14(15)19/h2-7H,9,19H2,1H3. The van der Waals surface area contributed by atoms with E-state index in [2.05, 4.69) is 6.07 Å². The van der Waals surface area contributed by atoms with Gasteiger partial charge in [-0.15, -0.1) is 0 Å². The highest BCUT2D eigenvalue weighted by atomic mass is 35.5. The maximum Gasteiger partial charge on any atom is 0.0991 e. The maximum atomic E-state index is 8.91. The van der Waals surface area contributed by atoms with Gasteiger partial charge in [0.05, 0.1) is 33.1 Å². The third kappa shape index (κ3) is 3.16. The van der Waals surface area contributed by atoms with Crippen LogP contribution >= 0.6 is 23.2 Å². The first kappa shape index (κ1) is 14.5. The first-order valence-electron chi connectivity index (χ1n) is 5.96. The minimum atomic E-state index is 0.438. The highest BCUT2D eigenvalue weighted by Crippen LogP contribution is 2.33. The van der Waals surface area contributed by atoms with Crippen molar-refractivity contribution in [3.63, 3.8) is 0 Å². The molecule has 5 heteroatoms. The number of nitriles is 1. The van der Waals surface area contributed by atoms with Crippen LogP contribution in [-0.4, -0.2) is 7.05 Å². The van der Waals surface area contributed by atoms with Crippen molar-refractivity contribution in [1.82, 2.24) is 0 Å². The molecule has 0 spiro atoms. The van der Waals surface area contributed by atoms with Crippen molar-refractivity contribution in [3.05, 3.63) is 57.6 Å². The molecule has 0 aliphatic carbocycles. The summed E-state index contributed by atoms with van der Waals surface area (Å²) >= 11 is 11.9.